The van der Waals surface area contributed by atoms with Gasteiger partial charge in [0.25, 0.3) is 0 Å². The predicted molar refractivity (Wildman–Crippen MR) is 84.3 cm³/mol. The Morgan fingerprint density at radius 3 is 2.35 bits per heavy atom. The molecule has 0 radical (unpaired) electrons. The average molecular weight is 345 g/mol. The highest BCUT2D eigenvalue weighted by molar-refractivity contribution is 14.1. The molecular weight excluding hydrogens is 321 g/mol. The standard InChI is InChI=1S/C15H24IN/c1-3-5-6-7-8-15(17-4-2)13-9-11-14(16)12-10-13/h9-12,15,17H,3-8H2,1-2H3. The van der Waals surface area contributed by atoms with Gasteiger partial charge in [-0.2, -0.15) is 0 Å². The lowest BCUT2D eigenvalue weighted by Gasteiger charge is -2.18. The highest BCUT2D eigenvalue weighted by Crippen LogP contribution is 2.21. The topological polar surface area (TPSA) is 12.0 Å². The molecule has 0 aromatic heterocycles. The number of hydrogen-bond donors (Lipinski definition) is 1. The van der Waals surface area contributed by atoms with Crippen molar-refractivity contribution in [2.24, 2.45) is 0 Å². The van der Waals surface area contributed by atoms with E-state index in [1.807, 2.05) is 0 Å². The van der Waals surface area contributed by atoms with Crippen molar-refractivity contribution in [3.63, 3.8) is 0 Å². The van der Waals surface area contributed by atoms with Crippen LogP contribution >= 0.6 is 22.6 Å². The van der Waals surface area contributed by atoms with Gasteiger partial charge in [0.05, 0.1) is 0 Å². The van der Waals surface area contributed by atoms with Crippen molar-refractivity contribution in [2.75, 3.05) is 6.54 Å². The van der Waals surface area contributed by atoms with Gasteiger partial charge >= 0.3 is 0 Å². The van der Waals surface area contributed by atoms with Gasteiger partial charge in [-0.15, -0.1) is 0 Å². The summed E-state index contributed by atoms with van der Waals surface area (Å²) < 4.78 is 1.31. The van der Waals surface area contributed by atoms with E-state index in [2.05, 4.69) is 66.0 Å². The Hall–Kier alpha value is -0.0900. The largest absolute Gasteiger partial charge is 0.310 e. The zero-order chi connectivity index (χ0) is 12.5. The molecule has 1 unspecified atom stereocenters. The molecule has 17 heavy (non-hydrogen) atoms. The molecule has 0 aliphatic carbocycles. The Balaban J connectivity index is 2.49. The van der Waals surface area contributed by atoms with Crippen LogP contribution in [0.4, 0.5) is 0 Å². The van der Waals surface area contributed by atoms with E-state index in [4.69, 9.17) is 0 Å². The zero-order valence-electron chi connectivity index (χ0n) is 11.0. The molecule has 0 heterocycles. The molecule has 96 valence electrons. The number of unbranched alkanes of at least 4 members (excludes halogenated alkanes) is 3. The average Bonchev–Trinajstić information content (AvgIpc) is 2.34. The number of halogens is 1. The Bertz CT molecular complexity index is 294. The van der Waals surface area contributed by atoms with E-state index < -0.39 is 0 Å². The van der Waals surface area contributed by atoms with Crippen LogP contribution in [0.3, 0.4) is 0 Å². The van der Waals surface area contributed by atoms with Crippen molar-refractivity contribution < 1.29 is 0 Å². The van der Waals surface area contributed by atoms with Crippen molar-refractivity contribution in [2.45, 2.75) is 52.0 Å². The lowest BCUT2D eigenvalue weighted by molar-refractivity contribution is 0.482. The lowest BCUT2D eigenvalue weighted by atomic mass is 10.00. The summed E-state index contributed by atoms with van der Waals surface area (Å²) in [5, 5.41) is 3.59. The molecule has 2 heteroatoms. The summed E-state index contributed by atoms with van der Waals surface area (Å²) in [5.41, 5.74) is 1.43. The molecule has 1 N–H and O–H groups in total. The van der Waals surface area contributed by atoms with Crippen LogP contribution in [0.2, 0.25) is 0 Å². The van der Waals surface area contributed by atoms with E-state index in [0.29, 0.717) is 6.04 Å². The first-order valence-electron chi connectivity index (χ1n) is 6.76. The van der Waals surface area contributed by atoms with Gasteiger partial charge in [0, 0.05) is 9.61 Å². The minimum absolute atomic E-state index is 0.536. The maximum Gasteiger partial charge on any atom is 0.0320 e. The smallest absolute Gasteiger partial charge is 0.0320 e. The van der Waals surface area contributed by atoms with Crippen molar-refractivity contribution in [3.05, 3.63) is 33.4 Å². The van der Waals surface area contributed by atoms with Crippen molar-refractivity contribution in [3.8, 4) is 0 Å². The van der Waals surface area contributed by atoms with Crippen LogP contribution in [-0.2, 0) is 0 Å². The summed E-state index contributed by atoms with van der Waals surface area (Å²) in [5.74, 6) is 0. The number of nitrogens with one attached hydrogen (secondary N) is 1. The van der Waals surface area contributed by atoms with Gasteiger partial charge in [0.15, 0.2) is 0 Å². The summed E-state index contributed by atoms with van der Waals surface area (Å²) in [6, 6.07) is 9.46. The Labute approximate surface area is 120 Å². The normalized spacial score (nSPS) is 12.6. The zero-order valence-corrected chi connectivity index (χ0v) is 13.2. The van der Waals surface area contributed by atoms with Gasteiger partial charge in [0.2, 0.25) is 0 Å². The molecule has 1 aromatic rings. The highest BCUT2D eigenvalue weighted by atomic mass is 127. The fourth-order valence-electron chi connectivity index (χ4n) is 2.10. The van der Waals surface area contributed by atoms with Gasteiger partial charge < -0.3 is 5.32 Å². The monoisotopic (exact) mass is 345 g/mol. The van der Waals surface area contributed by atoms with Gasteiger partial charge in [0.1, 0.15) is 0 Å². The fraction of sp³-hybridized carbons (Fsp3) is 0.600. The van der Waals surface area contributed by atoms with E-state index in [0.717, 1.165) is 6.54 Å². The molecule has 0 aliphatic rings. The van der Waals surface area contributed by atoms with Crippen LogP contribution in [0.15, 0.2) is 24.3 Å². The highest BCUT2D eigenvalue weighted by Gasteiger charge is 2.09. The molecule has 1 rings (SSSR count). The molecule has 1 atom stereocenters. The second-order valence-corrected chi connectivity index (χ2v) is 5.76. The molecule has 0 bridgehead atoms. The summed E-state index contributed by atoms with van der Waals surface area (Å²) >= 11 is 2.36. The van der Waals surface area contributed by atoms with Crippen molar-refractivity contribution in [1.82, 2.24) is 5.32 Å². The van der Waals surface area contributed by atoms with Gasteiger partial charge in [-0.05, 0) is 53.3 Å². The van der Waals surface area contributed by atoms with E-state index in [1.165, 1.54) is 41.2 Å². The van der Waals surface area contributed by atoms with E-state index >= 15 is 0 Å². The van der Waals surface area contributed by atoms with Crippen molar-refractivity contribution >= 4 is 22.6 Å². The van der Waals surface area contributed by atoms with Crippen LogP contribution in [0.1, 0.15) is 57.6 Å². The van der Waals surface area contributed by atoms with Crippen LogP contribution < -0.4 is 5.32 Å². The molecular formula is C15H24IN. The number of hydrogen-bond acceptors (Lipinski definition) is 1. The number of benzene rings is 1. The van der Waals surface area contributed by atoms with Gasteiger partial charge in [-0.25, -0.2) is 0 Å². The quantitative estimate of drug-likeness (QED) is 0.521. The molecule has 0 amide bonds. The van der Waals surface area contributed by atoms with E-state index in [1.54, 1.807) is 0 Å². The molecule has 0 spiro atoms. The van der Waals surface area contributed by atoms with Crippen LogP contribution in [0, 0.1) is 3.57 Å². The molecule has 1 aromatic carbocycles. The SMILES string of the molecule is CCCCCCC(NCC)c1ccc(I)cc1. The Kier molecular flexibility index (Phi) is 7.86. The lowest BCUT2D eigenvalue weighted by Crippen LogP contribution is -2.20. The summed E-state index contributed by atoms with van der Waals surface area (Å²) in [6.07, 6.45) is 6.63. The first kappa shape index (κ1) is 15.0. The first-order valence-corrected chi connectivity index (χ1v) is 7.84. The third kappa shape index (κ3) is 5.87. The third-order valence-corrected chi connectivity index (χ3v) is 3.79. The van der Waals surface area contributed by atoms with Gasteiger partial charge in [-0.3, -0.25) is 0 Å². The maximum atomic E-state index is 3.59. The fourth-order valence-corrected chi connectivity index (χ4v) is 2.46. The third-order valence-electron chi connectivity index (χ3n) is 3.07. The Morgan fingerprint density at radius 1 is 1.06 bits per heavy atom. The summed E-state index contributed by atoms with van der Waals surface area (Å²) in [7, 11) is 0. The second kappa shape index (κ2) is 8.92. The van der Waals surface area contributed by atoms with Crippen LogP contribution in [-0.4, -0.2) is 6.54 Å². The predicted octanol–water partition coefficient (Wildman–Crippen LogP) is 4.91. The number of rotatable bonds is 8. The van der Waals surface area contributed by atoms with Gasteiger partial charge in [-0.1, -0.05) is 51.7 Å². The maximum absolute atomic E-state index is 3.59. The van der Waals surface area contributed by atoms with Crippen LogP contribution in [0.25, 0.3) is 0 Å². The summed E-state index contributed by atoms with van der Waals surface area (Å²) in [6.45, 7) is 5.50. The van der Waals surface area contributed by atoms with E-state index in [-0.39, 0.29) is 0 Å². The van der Waals surface area contributed by atoms with Crippen LogP contribution in [0.5, 0.6) is 0 Å². The molecule has 0 fully saturated rings. The first-order chi connectivity index (χ1) is 8.27. The van der Waals surface area contributed by atoms with E-state index in [9.17, 15) is 0 Å². The minimum atomic E-state index is 0.536. The molecule has 0 aliphatic heterocycles. The minimum Gasteiger partial charge on any atom is -0.310 e. The summed E-state index contributed by atoms with van der Waals surface area (Å²) in [4.78, 5) is 0. The molecule has 1 nitrogen and oxygen atoms in total. The Morgan fingerprint density at radius 2 is 1.76 bits per heavy atom. The molecule has 0 saturated heterocycles. The second-order valence-electron chi connectivity index (χ2n) is 4.51. The molecule has 0 saturated carbocycles. The van der Waals surface area contributed by atoms with Crippen molar-refractivity contribution in [1.29, 1.82) is 0 Å².